The average molecular weight is 253 g/mol. The van der Waals surface area contributed by atoms with Crippen LogP contribution in [0.5, 0.6) is 0 Å². The van der Waals surface area contributed by atoms with E-state index >= 15 is 0 Å². The molecule has 102 valence electrons. The predicted molar refractivity (Wildman–Crippen MR) is 68.1 cm³/mol. The Labute approximate surface area is 108 Å². The molecule has 0 radical (unpaired) electrons. The van der Waals surface area contributed by atoms with Gasteiger partial charge in [-0.25, -0.2) is 4.68 Å². The van der Waals surface area contributed by atoms with Gasteiger partial charge in [-0.3, -0.25) is 0 Å². The number of hydrogen-bond donors (Lipinski definition) is 1. The average Bonchev–Trinajstić information content (AvgIpc) is 2.93. The lowest BCUT2D eigenvalue weighted by Gasteiger charge is -2.19. The molecule has 18 heavy (non-hydrogen) atoms. The van der Waals surface area contributed by atoms with Crippen LogP contribution in [0.3, 0.4) is 0 Å². The maximum Gasteiger partial charge on any atom is 0.168 e. The summed E-state index contributed by atoms with van der Waals surface area (Å²) in [5.41, 5.74) is 0. The van der Waals surface area contributed by atoms with E-state index in [9.17, 15) is 0 Å². The molecular formula is C12H23N5O. The van der Waals surface area contributed by atoms with Crippen molar-refractivity contribution in [3.8, 4) is 0 Å². The lowest BCUT2D eigenvalue weighted by molar-refractivity contribution is 0.103. The zero-order valence-electron chi connectivity index (χ0n) is 11.6. The second-order valence-electron chi connectivity index (χ2n) is 5.44. The molecule has 1 aliphatic heterocycles. The molecule has 1 aromatic rings. The number of ether oxygens (including phenoxy) is 1. The molecule has 1 aromatic heterocycles. The maximum absolute atomic E-state index is 5.59. The van der Waals surface area contributed by atoms with Gasteiger partial charge in [-0.15, -0.1) is 5.10 Å². The molecule has 0 amide bonds. The Hall–Kier alpha value is -1.01. The molecule has 3 unspecified atom stereocenters. The van der Waals surface area contributed by atoms with E-state index in [2.05, 4.69) is 48.5 Å². The van der Waals surface area contributed by atoms with Gasteiger partial charge < -0.3 is 10.1 Å². The Morgan fingerprint density at radius 2 is 2.22 bits per heavy atom. The van der Waals surface area contributed by atoms with Crippen molar-refractivity contribution in [2.45, 2.75) is 52.3 Å². The van der Waals surface area contributed by atoms with Crippen LogP contribution < -0.4 is 5.32 Å². The normalized spacial score (nSPS) is 25.8. The maximum atomic E-state index is 5.59. The zero-order chi connectivity index (χ0) is 13.1. The van der Waals surface area contributed by atoms with Gasteiger partial charge in [0.1, 0.15) is 0 Å². The smallest absolute Gasteiger partial charge is 0.168 e. The quantitative estimate of drug-likeness (QED) is 0.857. The lowest BCUT2D eigenvalue weighted by atomic mass is 10.1. The van der Waals surface area contributed by atoms with Crippen LogP contribution in [-0.2, 0) is 4.74 Å². The van der Waals surface area contributed by atoms with Gasteiger partial charge >= 0.3 is 0 Å². The van der Waals surface area contributed by atoms with Crippen LogP contribution in [0, 0.1) is 5.92 Å². The third kappa shape index (κ3) is 2.87. The third-order valence-corrected chi connectivity index (χ3v) is 3.39. The van der Waals surface area contributed by atoms with Crippen molar-refractivity contribution in [1.29, 1.82) is 0 Å². The summed E-state index contributed by atoms with van der Waals surface area (Å²) in [5, 5.41) is 15.6. The molecule has 0 bridgehead atoms. The van der Waals surface area contributed by atoms with Crippen molar-refractivity contribution in [2.75, 3.05) is 13.2 Å². The van der Waals surface area contributed by atoms with Gasteiger partial charge in [0.05, 0.1) is 18.2 Å². The van der Waals surface area contributed by atoms with Crippen LogP contribution >= 0.6 is 0 Å². The van der Waals surface area contributed by atoms with Crippen molar-refractivity contribution in [1.82, 2.24) is 25.5 Å². The molecule has 0 saturated carbocycles. The Balaban J connectivity index is 2.07. The van der Waals surface area contributed by atoms with Gasteiger partial charge in [0.15, 0.2) is 5.82 Å². The fourth-order valence-electron chi connectivity index (χ4n) is 2.27. The molecule has 0 aliphatic carbocycles. The molecule has 2 rings (SSSR count). The molecule has 1 N–H and O–H groups in total. The van der Waals surface area contributed by atoms with Gasteiger partial charge in [0, 0.05) is 6.61 Å². The van der Waals surface area contributed by atoms with Gasteiger partial charge in [-0.1, -0.05) is 13.8 Å². The molecule has 6 nitrogen and oxygen atoms in total. The minimum Gasteiger partial charge on any atom is -0.376 e. The van der Waals surface area contributed by atoms with E-state index < -0.39 is 0 Å². The molecule has 6 heteroatoms. The molecule has 0 spiro atoms. The van der Waals surface area contributed by atoms with Crippen molar-refractivity contribution in [3.05, 3.63) is 5.82 Å². The first kappa shape index (κ1) is 13.4. The molecule has 3 atom stereocenters. The summed E-state index contributed by atoms with van der Waals surface area (Å²) in [6.07, 6.45) is 1.17. The molecule has 2 heterocycles. The Morgan fingerprint density at radius 1 is 1.44 bits per heavy atom. The number of aromatic nitrogens is 4. The van der Waals surface area contributed by atoms with Crippen LogP contribution in [0.25, 0.3) is 0 Å². The summed E-state index contributed by atoms with van der Waals surface area (Å²) >= 11 is 0. The van der Waals surface area contributed by atoms with Crippen molar-refractivity contribution >= 4 is 0 Å². The molecule has 0 aromatic carbocycles. The zero-order valence-corrected chi connectivity index (χ0v) is 11.6. The fourth-order valence-corrected chi connectivity index (χ4v) is 2.27. The first-order chi connectivity index (χ1) is 8.59. The van der Waals surface area contributed by atoms with E-state index in [4.69, 9.17) is 4.74 Å². The van der Waals surface area contributed by atoms with Crippen LogP contribution in [0.4, 0.5) is 0 Å². The fraction of sp³-hybridized carbons (Fsp3) is 0.917. The summed E-state index contributed by atoms with van der Waals surface area (Å²) in [6.45, 7) is 10.3. The molecule has 1 aliphatic rings. The Morgan fingerprint density at radius 3 is 2.83 bits per heavy atom. The second kappa shape index (κ2) is 5.75. The highest BCUT2D eigenvalue weighted by molar-refractivity contribution is 4.94. The summed E-state index contributed by atoms with van der Waals surface area (Å²) in [6, 6.07) is 0.425. The van der Waals surface area contributed by atoms with Crippen LogP contribution in [0.1, 0.15) is 52.0 Å². The van der Waals surface area contributed by atoms with Crippen LogP contribution in [0.15, 0.2) is 0 Å². The lowest BCUT2D eigenvalue weighted by Crippen LogP contribution is -2.28. The van der Waals surface area contributed by atoms with Crippen molar-refractivity contribution < 1.29 is 4.74 Å². The monoisotopic (exact) mass is 253 g/mol. The first-order valence-electron chi connectivity index (χ1n) is 6.72. The predicted octanol–water partition coefficient (Wildman–Crippen LogP) is 1.33. The number of nitrogens with one attached hydrogen (secondary N) is 1. The summed E-state index contributed by atoms with van der Waals surface area (Å²) in [7, 11) is 0. The highest BCUT2D eigenvalue weighted by Gasteiger charge is 2.30. The first-order valence-corrected chi connectivity index (χ1v) is 6.72. The molecular weight excluding hydrogens is 230 g/mol. The molecule has 1 fully saturated rings. The van der Waals surface area contributed by atoms with Gasteiger partial charge in [0.2, 0.25) is 0 Å². The van der Waals surface area contributed by atoms with E-state index in [-0.39, 0.29) is 18.2 Å². The summed E-state index contributed by atoms with van der Waals surface area (Å²) < 4.78 is 7.51. The van der Waals surface area contributed by atoms with E-state index in [1.165, 1.54) is 0 Å². The van der Waals surface area contributed by atoms with Crippen LogP contribution in [0.2, 0.25) is 0 Å². The Bertz CT molecular complexity index is 378. The largest absolute Gasteiger partial charge is 0.376 e. The molecule has 1 saturated heterocycles. The standard InChI is InChI=1S/C12H23N5O/c1-8(2)7-13-9(3)12-14-15-16-17(12)11-5-6-18-10(11)4/h8-11,13H,5-7H2,1-4H3. The van der Waals surface area contributed by atoms with Crippen molar-refractivity contribution in [3.63, 3.8) is 0 Å². The van der Waals surface area contributed by atoms with Gasteiger partial charge in [-0.05, 0) is 43.2 Å². The van der Waals surface area contributed by atoms with E-state index in [0.29, 0.717) is 5.92 Å². The van der Waals surface area contributed by atoms with Crippen molar-refractivity contribution in [2.24, 2.45) is 5.92 Å². The van der Waals surface area contributed by atoms with Crippen LogP contribution in [-0.4, -0.2) is 39.5 Å². The highest BCUT2D eigenvalue weighted by atomic mass is 16.5. The number of hydrogen-bond acceptors (Lipinski definition) is 5. The Kier molecular flexibility index (Phi) is 4.29. The third-order valence-electron chi connectivity index (χ3n) is 3.39. The van der Waals surface area contributed by atoms with E-state index in [1.54, 1.807) is 0 Å². The minimum atomic E-state index is 0.162. The van der Waals surface area contributed by atoms with E-state index in [1.807, 2.05) is 4.68 Å². The topological polar surface area (TPSA) is 64.9 Å². The van der Waals surface area contributed by atoms with Gasteiger partial charge in [0.25, 0.3) is 0 Å². The summed E-state index contributed by atoms with van der Waals surface area (Å²) in [4.78, 5) is 0. The number of tetrazole rings is 1. The van der Waals surface area contributed by atoms with Gasteiger partial charge in [-0.2, -0.15) is 0 Å². The number of rotatable bonds is 5. The summed E-state index contributed by atoms with van der Waals surface area (Å²) in [5.74, 6) is 1.52. The second-order valence-corrected chi connectivity index (χ2v) is 5.44. The highest BCUT2D eigenvalue weighted by Crippen LogP contribution is 2.26. The van der Waals surface area contributed by atoms with E-state index in [0.717, 1.165) is 25.4 Å². The number of nitrogens with zero attached hydrogens (tertiary/aromatic N) is 4. The minimum absolute atomic E-state index is 0.162. The SMILES string of the molecule is CC(C)CNC(C)c1nnnn1C1CCOC1C.